The third-order valence-electron chi connectivity index (χ3n) is 4.19. The van der Waals surface area contributed by atoms with E-state index in [1.54, 1.807) is 23.1 Å². The molecule has 0 atom stereocenters. The van der Waals surface area contributed by atoms with Crippen LogP contribution in [-0.2, 0) is 5.41 Å². The van der Waals surface area contributed by atoms with Crippen LogP contribution in [0.15, 0.2) is 34.2 Å². The van der Waals surface area contributed by atoms with E-state index in [1.807, 2.05) is 28.2 Å². The highest BCUT2D eigenvalue weighted by atomic mass is 32.2. The zero-order valence-corrected chi connectivity index (χ0v) is 21.1. The van der Waals surface area contributed by atoms with Crippen molar-refractivity contribution in [2.45, 2.75) is 47.0 Å². The van der Waals surface area contributed by atoms with Crippen LogP contribution < -0.4 is 4.90 Å². The Morgan fingerprint density at radius 3 is 2.10 bits per heavy atom. The number of rotatable bonds is 4. The molecule has 0 bridgehead atoms. The van der Waals surface area contributed by atoms with Crippen LogP contribution in [0.3, 0.4) is 0 Å². The number of aromatic nitrogens is 1. The van der Waals surface area contributed by atoms with Gasteiger partial charge >= 0.3 is 5.17 Å². The minimum Gasteiger partial charge on any atom is -0.354 e. The monoisotopic (exact) mass is 431 g/mol. The van der Waals surface area contributed by atoms with Crippen molar-refractivity contribution in [3.8, 4) is 0 Å². The third-order valence-corrected chi connectivity index (χ3v) is 6.56. The van der Waals surface area contributed by atoms with E-state index in [0.717, 1.165) is 21.7 Å². The van der Waals surface area contributed by atoms with Crippen molar-refractivity contribution in [2.24, 2.45) is 10.4 Å². The molecule has 0 aliphatic carbocycles. The van der Waals surface area contributed by atoms with Gasteiger partial charge in [-0.25, -0.2) is 4.98 Å². The van der Waals surface area contributed by atoms with E-state index in [2.05, 4.69) is 81.4 Å². The molecular formula is C23H35N4S2+. The maximum Gasteiger partial charge on any atom is 0.359 e. The van der Waals surface area contributed by atoms with Crippen LogP contribution in [-0.4, -0.2) is 48.6 Å². The van der Waals surface area contributed by atoms with Crippen molar-refractivity contribution in [1.29, 1.82) is 0 Å². The summed E-state index contributed by atoms with van der Waals surface area (Å²) in [6.07, 6.45) is 10.6. The maximum absolute atomic E-state index is 4.84. The van der Waals surface area contributed by atoms with Gasteiger partial charge in [0.25, 0.3) is 0 Å². The van der Waals surface area contributed by atoms with E-state index in [4.69, 9.17) is 9.98 Å². The quantitative estimate of drug-likeness (QED) is 0.444. The number of hydrogen-bond acceptors (Lipinski definition) is 4. The first-order chi connectivity index (χ1) is 13.3. The van der Waals surface area contributed by atoms with E-state index in [9.17, 15) is 0 Å². The van der Waals surface area contributed by atoms with E-state index in [0.29, 0.717) is 0 Å². The summed E-state index contributed by atoms with van der Waals surface area (Å²) >= 11 is 3.46. The standard InChI is InChI=1S/C23H35N4S2/c1-22(2,3)18-16(28-20(24-18)26(7)8)14-12-11-13-15-17-19(23(4,5)6)25-21(29-17)27(9)10/h11-15H,1-10H3/q+1. The first kappa shape index (κ1) is 23.6. The van der Waals surface area contributed by atoms with Crippen molar-refractivity contribution in [3.05, 3.63) is 39.8 Å². The molecule has 0 aromatic carbocycles. The van der Waals surface area contributed by atoms with Crippen LogP contribution in [0.4, 0.5) is 5.13 Å². The highest BCUT2D eigenvalue weighted by Crippen LogP contribution is 2.36. The lowest BCUT2D eigenvalue weighted by Gasteiger charge is -2.16. The van der Waals surface area contributed by atoms with Gasteiger partial charge in [-0.1, -0.05) is 71.1 Å². The van der Waals surface area contributed by atoms with Crippen LogP contribution in [0.25, 0.3) is 6.08 Å². The van der Waals surface area contributed by atoms with Gasteiger partial charge in [-0.3, -0.25) is 4.58 Å². The third kappa shape index (κ3) is 6.16. The summed E-state index contributed by atoms with van der Waals surface area (Å²) in [5, 5.41) is 2.08. The van der Waals surface area contributed by atoms with Gasteiger partial charge in [0.1, 0.15) is 0 Å². The number of thioether (sulfide) groups is 1. The molecule has 1 aliphatic rings. The van der Waals surface area contributed by atoms with Gasteiger partial charge in [0, 0.05) is 36.7 Å². The number of allylic oxidation sites excluding steroid dienone is 5. The van der Waals surface area contributed by atoms with Crippen molar-refractivity contribution in [1.82, 2.24) is 4.98 Å². The van der Waals surface area contributed by atoms with Crippen molar-refractivity contribution >= 4 is 45.2 Å². The Morgan fingerprint density at radius 2 is 1.59 bits per heavy atom. The van der Waals surface area contributed by atoms with Gasteiger partial charge in [-0.05, 0) is 17.1 Å². The fraction of sp³-hybridized carbons (Fsp3) is 0.522. The Balaban J connectivity index is 2.23. The number of thiazole rings is 1. The molecule has 29 heavy (non-hydrogen) atoms. The summed E-state index contributed by atoms with van der Waals surface area (Å²) in [5.74, 6) is 0. The molecule has 158 valence electrons. The Kier molecular flexibility index (Phi) is 7.33. The van der Waals surface area contributed by atoms with Gasteiger partial charge in [-0.2, -0.15) is 0 Å². The molecule has 0 unspecified atom stereocenters. The maximum atomic E-state index is 4.84. The van der Waals surface area contributed by atoms with E-state index in [-0.39, 0.29) is 10.8 Å². The molecule has 0 saturated carbocycles. The average molecular weight is 432 g/mol. The van der Waals surface area contributed by atoms with Crippen LogP contribution in [0.5, 0.6) is 0 Å². The molecule has 4 nitrogen and oxygen atoms in total. The topological polar surface area (TPSA) is 31.5 Å². The molecule has 2 rings (SSSR count). The van der Waals surface area contributed by atoms with E-state index < -0.39 is 0 Å². The largest absolute Gasteiger partial charge is 0.359 e. The highest BCUT2D eigenvalue weighted by molar-refractivity contribution is 8.18. The zero-order chi connectivity index (χ0) is 22.0. The van der Waals surface area contributed by atoms with Gasteiger partial charge in [0.05, 0.1) is 29.6 Å². The number of amidine groups is 1. The molecule has 1 aliphatic heterocycles. The molecule has 0 spiro atoms. The summed E-state index contributed by atoms with van der Waals surface area (Å²) < 4.78 is 2.07. The molecule has 0 amide bonds. The lowest BCUT2D eigenvalue weighted by Crippen LogP contribution is -2.19. The normalized spacial score (nSPS) is 17.1. The SMILES string of the molecule is CN(C)c1nc(C(C)(C)C)c(/C=C/C=C/C=C2/SC(=[N+](C)C)N=C2C(C)(C)C)s1. The van der Waals surface area contributed by atoms with Gasteiger partial charge in [0.2, 0.25) is 0 Å². The average Bonchev–Trinajstić information content (AvgIpc) is 3.18. The van der Waals surface area contributed by atoms with Crippen molar-refractivity contribution < 1.29 is 4.58 Å². The first-order valence-electron chi connectivity index (χ1n) is 9.86. The molecule has 0 radical (unpaired) electrons. The summed E-state index contributed by atoms with van der Waals surface area (Å²) in [6.45, 7) is 13.3. The van der Waals surface area contributed by atoms with Crippen LogP contribution >= 0.6 is 23.1 Å². The highest BCUT2D eigenvalue weighted by Gasteiger charge is 2.36. The summed E-state index contributed by atoms with van der Waals surface area (Å²) in [7, 11) is 8.16. The molecule has 0 fully saturated rings. The Morgan fingerprint density at radius 1 is 0.931 bits per heavy atom. The smallest absolute Gasteiger partial charge is 0.354 e. The molecule has 2 heterocycles. The predicted molar refractivity (Wildman–Crippen MR) is 133 cm³/mol. The van der Waals surface area contributed by atoms with Crippen LogP contribution in [0.2, 0.25) is 0 Å². The second kappa shape index (κ2) is 9.00. The minimum atomic E-state index is 0.0209. The minimum absolute atomic E-state index is 0.0209. The predicted octanol–water partition coefficient (Wildman–Crippen LogP) is 5.82. The number of hydrogen-bond donors (Lipinski definition) is 0. The van der Waals surface area contributed by atoms with Crippen molar-refractivity contribution in [3.63, 3.8) is 0 Å². The fourth-order valence-electron chi connectivity index (χ4n) is 2.67. The molecule has 1 aromatic heterocycles. The fourth-order valence-corrected chi connectivity index (χ4v) is 4.90. The van der Waals surface area contributed by atoms with E-state index >= 15 is 0 Å². The molecule has 6 heteroatoms. The number of nitrogens with zero attached hydrogens (tertiary/aromatic N) is 4. The molecular weight excluding hydrogens is 396 g/mol. The van der Waals surface area contributed by atoms with Crippen LogP contribution in [0, 0.1) is 5.41 Å². The molecule has 0 N–H and O–H groups in total. The molecule has 0 saturated heterocycles. The summed E-state index contributed by atoms with van der Waals surface area (Å²) in [4.78, 5) is 14.2. The van der Waals surface area contributed by atoms with Crippen molar-refractivity contribution in [2.75, 3.05) is 33.1 Å². The lowest BCUT2D eigenvalue weighted by atomic mass is 9.89. The van der Waals surface area contributed by atoms with Crippen LogP contribution in [0.1, 0.15) is 52.1 Å². The Bertz CT molecular complexity index is 894. The number of anilines is 1. The lowest BCUT2D eigenvalue weighted by molar-refractivity contribution is -0.462. The van der Waals surface area contributed by atoms with Gasteiger partial charge in [-0.15, -0.1) is 0 Å². The molecule has 1 aromatic rings. The van der Waals surface area contributed by atoms with E-state index in [1.165, 1.54) is 9.78 Å². The second-order valence-electron chi connectivity index (χ2n) is 9.62. The van der Waals surface area contributed by atoms with Gasteiger partial charge < -0.3 is 4.90 Å². The summed E-state index contributed by atoms with van der Waals surface area (Å²) in [5.41, 5.74) is 2.33. The summed E-state index contributed by atoms with van der Waals surface area (Å²) in [6, 6.07) is 0. The zero-order valence-electron chi connectivity index (χ0n) is 19.5. The number of aliphatic imine (C=N–C) groups is 1. The van der Waals surface area contributed by atoms with Gasteiger partial charge in [0.15, 0.2) is 10.8 Å². The Hall–Kier alpha value is -1.66. The Labute approximate surface area is 184 Å². The first-order valence-corrected chi connectivity index (χ1v) is 11.5. The second-order valence-corrected chi connectivity index (χ2v) is 11.6.